The highest BCUT2D eigenvalue weighted by Crippen LogP contribution is 1.93. The molecule has 70 valence electrons. The molecule has 12 heavy (non-hydrogen) atoms. The molecule has 0 aromatic heterocycles. The number of amides is 1. The van der Waals surface area contributed by atoms with Gasteiger partial charge >= 0.3 is 0 Å². The first-order valence-corrected chi connectivity index (χ1v) is 4.35. The molecule has 0 aliphatic carbocycles. The van der Waals surface area contributed by atoms with Crippen LogP contribution in [0.4, 0.5) is 0 Å². The van der Waals surface area contributed by atoms with Crippen LogP contribution in [0.15, 0.2) is 0 Å². The van der Waals surface area contributed by atoms with Crippen LogP contribution >= 0.6 is 0 Å². The van der Waals surface area contributed by atoms with E-state index in [4.69, 9.17) is 0 Å². The lowest BCUT2D eigenvalue weighted by atomic mass is 10.2. The lowest BCUT2D eigenvalue weighted by molar-refractivity contribution is -0.119. The Morgan fingerprint density at radius 3 is 3.08 bits per heavy atom. The smallest absolute Gasteiger partial charge is 0.216 e. The summed E-state index contributed by atoms with van der Waals surface area (Å²) in [5.74, 6) is 0.0463. The maximum absolute atomic E-state index is 10.6. The Balaban J connectivity index is 2.18. The van der Waals surface area contributed by atoms with Crippen molar-refractivity contribution in [1.29, 1.82) is 0 Å². The van der Waals surface area contributed by atoms with Gasteiger partial charge in [-0.2, -0.15) is 0 Å². The maximum atomic E-state index is 10.6. The first kappa shape index (κ1) is 9.48. The molecule has 0 aromatic carbocycles. The van der Waals surface area contributed by atoms with E-state index in [0.29, 0.717) is 6.04 Å². The van der Waals surface area contributed by atoms with Crippen LogP contribution in [0.25, 0.3) is 0 Å². The molecule has 0 radical (unpaired) electrons. The van der Waals surface area contributed by atoms with Crippen molar-refractivity contribution in [2.75, 3.05) is 33.2 Å². The summed E-state index contributed by atoms with van der Waals surface area (Å²) in [6.45, 7) is 5.41. The van der Waals surface area contributed by atoms with Crippen LogP contribution in [0.5, 0.6) is 0 Å². The van der Waals surface area contributed by atoms with Crippen molar-refractivity contribution in [3.63, 3.8) is 0 Å². The predicted octanol–water partition coefficient (Wildman–Crippen LogP) is -0.974. The third kappa shape index (κ3) is 3.19. The minimum Gasteiger partial charge on any atom is -0.355 e. The van der Waals surface area contributed by atoms with Gasteiger partial charge in [0, 0.05) is 39.1 Å². The van der Waals surface area contributed by atoms with Gasteiger partial charge in [0.15, 0.2) is 0 Å². The van der Waals surface area contributed by atoms with E-state index in [9.17, 15) is 4.79 Å². The summed E-state index contributed by atoms with van der Waals surface area (Å²) < 4.78 is 0. The third-order valence-corrected chi connectivity index (χ3v) is 2.06. The van der Waals surface area contributed by atoms with Gasteiger partial charge in [-0.05, 0) is 7.05 Å². The highest BCUT2D eigenvalue weighted by atomic mass is 16.1. The van der Waals surface area contributed by atoms with Gasteiger partial charge < -0.3 is 15.5 Å². The number of likely N-dealkylation sites (N-methyl/N-ethyl adjacent to an activating group) is 1. The maximum Gasteiger partial charge on any atom is 0.216 e. The fourth-order valence-electron chi connectivity index (χ4n) is 1.40. The molecule has 1 rings (SSSR count). The van der Waals surface area contributed by atoms with Crippen molar-refractivity contribution in [2.24, 2.45) is 0 Å². The molecule has 0 aromatic rings. The van der Waals surface area contributed by atoms with Gasteiger partial charge in [0.2, 0.25) is 5.91 Å². The zero-order chi connectivity index (χ0) is 8.97. The normalized spacial score (nSPS) is 25.3. The van der Waals surface area contributed by atoms with Crippen LogP contribution < -0.4 is 10.6 Å². The summed E-state index contributed by atoms with van der Waals surface area (Å²) in [6, 6.07) is 0.410. The van der Waals surface area contributed by atoms with Crippen LogP contribution in [0.1, 0.15) is 6.92 Å². The van der Waals surface area contributed by atoms with Crippen LogP contribution in [0.2, 0.25) is 0 Å². The van der Waals surface area contributed by atoms with Crippen LogP contribution in [-0.2, 0) is 4.79 Å². The molecule has 1 aliphatic heterocycles. The second kappa shape index (κ2) is 4.42. The minimum absolute atomic E-state index is 0.0463. The molecule has 1 aliphatic rings. The molecule has 1 fully saturated rings. The van der Waals surface area contributed by atoms with E-state index in [1.54, 1.807) is 6.92 Å². The number of carbonyl (C=O) groups excluding carboxylic acids is 1. The average Bonchev–Trinajstić information content (AvgIpc) is 2.01. The molecule has 0 spiro atoms. The molecule has 1 atom stereocenters. The predicted molar refractivity (Wildman–Crippen MR) is 48.0 cm³/mol. The monoisotopic (exact) mass is 171 g/mol. The quantitative estimate of drug-likeness (QED) is 0.561. The van der Waals surface area contributed by atoms with E-state index in [2.05, 4.69) is 22.6 Å². The summed E-state index contributed by atoms with van der Waals surface area (Å²) in [6.07, 6.45) is 0. The van der Waals surface area contributed by atoms with Gasteiger partial charge in [-0.3, -0.25) is 4.79 Å². The average molecular weight is 171 g/mol. The molecule has 4 heteroatoms. The zero-order valence-electron chi connectivity index (χ0n) is 7.76. The van der Waals surface area contributed by atoms with Gasteiger partial charge in [-0.1, -0.05) is 0 Å². The van der Waals surface area contributed by atoms with Gasteiger partial charge in [0.25, 0.3) is 0 Å². The van der Waals surface area contributed by atoms with Crippen LogP contribution in [0, 0.1) is 0 Å². The summed E-state index contributed by atoms with van der Waals surface area (Å²) >= 11 is 0. The van der Waals surface area contributed by atoms with Gasteiger partial charge in [0.1, 0.15) is 0 Å². The first-order valence-electron chi connectivity index (χ1n) is 4.35. The molecule has 4 nitrogen and oxygen atoms in total. The zero-order valence-corrected chi connectivity index (χ0v) is 7.76. The van der Waals surface area contributed by atoms with Gasteiger partial charge in [0.05, 0.1) is 0 Å². The number of piperazine rings is 1. The molecular formula is C8H17N3O. The minimum atomic E-state index is 0.0463. The van der Waals surface area contributed by atoms with Crippen molar-refractivity contribution in [1.82, 2.24) is 15.5 Å². The fraction of sp³-hybridized carbons (Fsp3) is 0.875. The number of rotatable bonds is 2. The fourth-order valence-corrected chi connectivity index (χ4v) is 1.40. The van der Waals surface area contributed by atoms with Gasteiger partial charge in [-0.25, -0.2) is 0 Å². The first-order chi connectivity index (χ1) is 5.68. The van der Waals surface area contributed by atoms with E-state index in [1.165, 1.54) is 0 Å². The van der Waals surface area contributed by atoms with E-state index in [-0.39, 0.29) is 5.91 Å². The summed E-state index contributed by atoms with van der Waals surface area (Å²) in [5.41, 5.74) is 0. The summed E-state index contributed by atoms with van der Waals surface area (Å²) in [4.78, 5) is 12.9. The number of nitrogens with one attached hydrogen (secondary N) is 2. The van der Waals surface area contributed by atoms with E-state index in [1.807, 2.05) is 0 Å². The summed E-state index contributed by atoms with van der Waals surface area (Å²) in [7, 11) is 2.10. The number of nitrogens with zero attached hydrogens (tertiary/aromatic N) is 1. The highest BCUT2D eigenvalue weighted by molar-refractivity contribution is 5.72. The Kier molecular flexibility index (Phi) is 3.49. The second-order valence-electron chi connectivity index (χ2n) is 3.35. The van der Waals surface area contributed by atoms with Crippen molar-refractivity contribution in [2.45, 2.75) is 13.0 Å². The molecular weight excluding hydrogens is 154 g/mol. The number of hydrogen-bond donors (Lipinski definition) is 2. The molecule has 2 N–H and O–H groups in total. The van der Waals surface area contributed by atoms with Crippen LogP contribution in [0.3, 0.4) is 0 Å². The van der Waals surface area contributed by atoms with E-state index < -0.39 is 0 Å². The highest BCUT2D eigenvalue weighted by Gasteiger charge is 2.15. The second-order valence-corrected chi connectivity index (χ2v) is 3.35. The van der Waals surface area contributed by atoms with Crippen LogP contribution in [-0.4, -0.2) is 50.1 Å². The number of hydrogen-bond acceptors (Lipinski definition) is 3. The number of carbonyl (C=O) groups is 1. The Bertz CT molecular complexity index is 160. The largest absolute Gasteiger partial charge is 0.355 e. The molecule has 1 amide bonds. The Morgan fingerprint density at radius 1 is 1.75 bits per heavy atom. The van der Waals surface area contributed by atoms with Crippen molar-refractivity contribution in [3.05, 3.63) is 0 Å². The van der Waals surface area contributed by atoms with Crippen molar-refractivity contribution in [3.8, 4) is 0 Å². The third-order valence-electron chi connectivity index (χ3n) is 2.06. The lowest BCUT2D eigenvalue weighted by Gasteiger charge is -2.30. The van der Waals surface area contributed by atoms with E-state index >= 15 is 0 Å². The molecule has 1 heterocycles. The molecule has 1 saturated heterocycles. The topological polar surface area (TPSA) is 44.4 Å². The standard InChI is InChI=1S/C8H17N3O/c1-7(12)10-5-8-6-11(2)4-3-9-8/h8-9H,3-6H2,1-2H3,(H,10,12). The van der Waals surface area contributed by atoms with Crippen molar-refractivity contribution >= 4 is 5.91 Å². The Labute approximate surface area is 73.3 Å². The molecule has 1 unspecified atom stereocenters. The SMILES string of the molecule is CC(=O)NCC1CN(C)CCN1. The lowest BCUT2D eigenvalue weighted by Crippen LogP contribution is -2.53. The Hall–Kier alpha value is -0.610. The van der Waals surface area contributed by atoms with Gasteiger partial charge in [-0.15, -0.1) is 0 Å². The molecule has 0 bridgehead atoms. The van der Waals surface area contributed by atoms with E-state index in [0.717, 1.165) is 26.2 Å². The van der Waals surface area contributed by atoms with Crippen molar-refractivity contribution < 1.29 is 4.79 Å². The Morgan fingerprint density at radius 2 is 2.50 bits per heavy atom. The molecule has 0 saturated carbocycles. The summed E-state index contributed by atoms with van der Waals surface area (Å²) in [5, 5.41) is 6.16.